The van der Waals surface area contributed by atoms with Gasteiger partial charge in [0.15, 0.2) is 28.1 Å². The molecule has 5 aromatic carbocycles. The lowest BCUT2D eigenvalue weighted by atomic mass is 9.80. The van der Waals surface area contributed by atoms with Gasteiger partial charge in [-0.05, 0) is 101 Å². The number of aromatic nitrogens is 10. The van der Waals surface area contributed by atoms with E-state index in [1.807, 2.05) is 60.7 Å². The first-order valence-corrected chi connectivity index (χ1v) is 43.6. The first kappa shape index (κ1) is 84.8. The fourth-order valence-electron chi connectivity index (χ4n) is 13.3. The number of nitrogens with zero attached hydrogens (tertiary/aromatic N) is 11. The van der Waals surface area contributed by atoms with Crippen molar-refractivity contribution in [3.05, 3.63) is 219 Å². The lowest BCUT2D eigenvalue weighted by Crippen LogP contribution is -2.38. The van der Waals surface area contributed by atoms with E-state index in [1.165, 1.54) is 51.9 Å². The molecular weight excluding hydrogens is 1610 g/mol. The molecule has 0 saturated carbocycles. The average Bonchev–Trinajstić information content (AvgIpc) is 1.01. The summed E-state index contributed by atoms with van der Waals surface area (Å²) in [5.74, 6) is -2.43. The van der Waals surface area contributed by atoms with Gasteiger partial charge in [0.1, 0.15) is 90.3 Å². The normalized spacial score (nSPS) is 20.2. The Morgan fingerprint density at radius 1 is 0.593 bits per heavy atom. The fraction of sp³-hybridized carbons (Fsp3) is 0.354. The standard InChI is InChI=1S/C79H81N15O20P2S2/c1-48(2)73(97)90-77-89-72-69(76(100)91-77)85-47-94(72)65-39-57(112-67(96)32-23-49(3)95)61(110-65)43-107-115(102,117-37-15-34-80)114-59-41-66(93-46-84-68-70(82-45-83-71(68)93)88-75(99)51-19-11-7-12-20-51)111-62(59)44-108-116(103,118-38-16-35-81)113-58-40-64(92-36-33-63(87-78(92)101)86-74(98)50-17-9-6-10-18-50)109-60(58)42-106-79(52-21-13-8-14-22-52,53-24-28-55(104-4)29-25-53)54-26-30-56(105-5)31-27-54/h6-14,17-22,24-31,33,36,45-48,57-62,64-66H,15-16,23,32,37-44H2,1-5H3,(H,82,83,88,99)(H,86,87,98,101)(H2,89,90,91,97,100)/t57-,58-,59-,60+,61+,62+,64+,65+,66+,115?,116?/m0/s1. The predicted molar refractivity (Wildman–Crippen MR) is 430 cm³/mol. The van der Waals surface area contributed by atoms with E-state index < -0.39 is 129 Å². The Morgan fingerprint density at radius 3 is 1.63 bits per heavy atom. The van der Waals surface area contributed by atoms with Crippen LogP contribution in [0.25, 0.3) is 22.3 Å². The number of rotatable bonds is 37. The number of carbonyl (C=O) groups excluding carboxylic acids is 5. The third-order valence-corrected chi connectivity index (χ3v) is 26.8. The lowest BCUT2D eigenvalue weighted by molar-refractivity contribution is -0.153. The number of hydrogen-bond acceptors (Lipinski definition) is 30. The third-order valence-electron chi connectivity index (χ3n) is 19.3. The van der Waals surface area contributed by atoms with Gasteiger partial charge in [-0.15, -0.1) is 0 Å². The van der Waals surface area contributed by atoms with Crippen LogP contribution in [-0.2, 0) is 70.9 Å². The molecule has 0 aliphatic carbocycles. The molecule has 39 heteroatoms. The van der Waals surface area contributed by atoms with Crippen LogP contribution in [0.3, 0.4) is 0 Å². The molecule has 3 aliphatic heterocycles. The molecule has 0 bridgehead atoms. The highest BCUT2D eigenvalue weighted by Gasteiger charge is 2.50. The zero-order chi connectivity index (χ0) is 83.1. The van der Waals surface area contributed by atoms with Gasteiger partial charge in [-0.3, -0.25) is 66.1 Å². The van der Waals surface area contributed by atoms with E-state index in [1.54, 1.807) is 113 Å². The van der Waals surface area contributed by atoms with E-state index in [2.05, 4.69) is 56.9 Å². The van der Waals surface area contributed by atoms with E-state index in [-0.39, 0.29) is 109 Å². The molecule has 4 N–H and O–H groups in total. The number of ketones is 1. The SMILES string of the molecule is COc1ccc(C(OC[C@H]2O[C@@H](n3ccc(NC(=O)c4ccccc4)nc3=O)C[C@@H]2OP(=O)(OC[C@H]2O[C@@H](n3cnc4c(NC(=O)c5ccccc5)ncnc43)C[C@@H]2OP(=O)(OC[C@H]2O[C@@H](n3cnc4c(=O)[nH]c(NC(=O)C(C)C)nc43)C[C@@H]2OC(=O)CCC(C)=O)SCCC#N)SCCC#N)(c2ccccc2)c2ccc(OC)cc2)cc1. The average molecular weight is 1690 g/mol. The molecule has 3 amide bonds. The summed E-state index contributed by atoms with van der Waals surface area (Å²) in [6.45, 7) is -6.54. The maximum atomic E-state index is 16.3. The second-order valence-electron chi connectivity index (χ2n) is 27.5. The Balaban J connectivity index is 0.842. The van der Waals surface area contributed by atoms with Crippen LogP contribution in [0.1, 0.15) is 122 Å². The molecule has 13 rings (SSSR count). The largest absolute Gasteiger partial charge is 0.497 e. The van der Waals surface area contributed by atoms with Crippen molar-refractivity contribution in [1.82, 2.24) is 48.6 Å². The fourth-order valence-corrected chi connectivity index (χ4v) is 20.0. The van der Waals surface area contributed by atoms with Gasteiger partial charge >= 0.3 is 25.3 Å². The summed E-state index contributed by atoms with van der Waals surface area (Å²) in [7, 11) is 3.09. The highest BCUT2D eigenvalue weighted by molar-refractivity contribution is 8.55. The van der Waals surface area contributed by atoms with Crippen LogP contribution in [-0.4, -0.2) is 160 Å². The number of esters is 1. The minimum absolute atomic E-state index is 0.0280. The molecule has 2 unspecified atom stereocenters. The van der Waals surface area contributed by atoms with Crippen molar-refractivity contribution >= 4 is 106 Å². The number of Topliss-reactive ketones (excluding diaryl/α,β-unsaturated/α-hetero) is 1. The second kappa shape index (κ2) is 38.5. The van der Waals surface area contributed by atoms with Crippen LogP contribution in [0.5, 0.6) is 11.5 Å². The van der Waals surface area contributed by atoms with Crippen LogP contribution in [0.15, 0.2) is 180 Å². The van der Waals surface area contributed by atoms with Gasteiger partial charge in [0, 0.05) is 73.3 Å². The first-order valence-electron chi connectivity index (χ1n) is 37.4. The Hall–Kier alpha value is -11.2. The number of aromatic amines is 1. The molecule has 10 aromatic rings. The molecule has 8 heterocycles. The van der Waals surface area contributed by atoms with Crippen LogP contribution in [0.2, 0.25) is 0 Å². The molecule has 3 aliphatic rings. The Bertz CT molecular complexity index is 5520. The van der Waals surface area contributed by atoms with E-state index in [0.717, 1.165) is 0 Å². The molecule has 11 atom stereocenters. The van der Waals surface area contributed by atoms with Gasteiger partial charge in [0.05, 0.1) is 65.3 Å². The van der Waals surface area contributed by atoms with Crippen LogP contribution in [0.4, 0.5) is 17.6 Å². The monoisotopic (exact) mass is 1690 g/mol. The quantitative estimate of drug-likeness (QED) is 0.0122. The zero-order valence-electron chi connectivity index (χ0n) is 64.2. The van der Waals surface area contributed by atoms with Gasteiger partial charge in [-0.1, -0.05) is 105 Å². The number of anilines is 3. The molecule has 35 nitrogen and oxygen atoms in total. The Labute approximate surface area is 682 Å². The van der Waals surface area contributed by atoms with Gasteiger partial charge in [-0.25, -0.2) is 33.9 Å². The number of nitriles is 2. The Kier molecular flexibility index (Phi) is 27.7. The molecular formula is C79H81N15O20P2S2. The number of nitrogens with one attached hydrogen (secondary N) is 4. The lowest BCUT2D eigenvalue weighted by Gasteiger charge is -2.37. The summed E-state index contributed by atoms with van der Waals surface area (Å²) >= 11 is 1.32. The number of hydrogen-bond donors (Lipinski definition) is 4. The predicted octanol–water partition coefficient (Wildman–Crippen LogP) is 11.8. The highest BCUT2D eigenvalue weighted by atomic mass is 32.7. The van der Waals surface area contributed by atoms with Gasteiger partial charge in [0.25, 0.3) is 17.4 Å². The van der Waals surface area contributed by atoms with E-state index in [9.17, 15) is 44.1 Å². The smallest absolute Gasteiger partial charge is 0.389 e. The van der Waals surface area contributed by atoms with Crippen molar-refractivity contribution in [2.45, 2.75) is 127 Å². The van der Waals surface area contributed by atoms with Crippen LogP contribution >= 0.6 is 36.4 Å². The van der Waals surface area contributed by atoms with Crippen molar-refractivity contribution in [3.8, 4) is 23.6 Å². The molecule has 118 heavy (non-hydrogen) atoms. The molecule has 3 fully saturated rings. The number of H-pyrrole nitrogens is 1. The summed E-state index contributed by atoms with van der Waals surface area (Å²) < 4.78 is 108. The van der Waals surface area contributed by atoms with E-state index in [4.69, 9.17) is 51.3 Å². The summed E-state index contributed by atoms with van der Waals surface area (Å²) in [6, 6.07) is 46.2. The van der Waals surface area contributed by atoms with Crippen molar-refractivity contribution in [1.29, 1.82) is 10.5 Å². The number of carbonyl (C=O) groups is 5. The van der Waals surface area contributed by atoms with Gasteiger partial charge in [-0.2, -0.15) is 20.5 Å². The van der Waals surface area contributed by atoms with E-state index in [0.29, 0.717) is 62.1 Å². The summed E-state index contributed by atoms with van der Waals surface area (Å²) in [5.41, 5.74) is -0.329. The third kappa shape index (κ3) is 20.2. The van der Waals surface area contributed by atoms with Crippen molar-refractivity contribution < 1.29 is 84.4 Å². The highest BCUT2D eigenvalue weighted by Crippen LogP contribution is 2.65. The molecule has 0 spiro atoms. The first-order chi connectivity index (χ1) is 57.0. The van der Waals surface area contributed by atoms with Crippen molar-refractivity contribution in [2.75, 3.05) is 61.5 Å². The molecule has 0 radical (unpaired) electrons. The Morgan fingerprint density at radius 2 is 1.09 bits per heavy atom. The molecule has 3 saturated heterocycles. The van der Waals surface area contributed by atoms with Crippen molar-refractivity contribution in [2.24, 2.45) is 5.92 Å². The molecule has 614 valence electrons. The summed E-state index contributed by atoms with van der Waals surface area (Å²) in [5, 5.41) is 28.0. The van der Waals surface area contributed by atoms with Gasteiger partial charge in [0.2, 0.25) is 11.9 Å². The van der Waals surface area contributed by atoms with Crippen LogP contribution in [0, 0.1) is 28.6 Å². The topological polar surface area (TPSA) is 447 Å². The second-order valence-corrected chi connectivity index (χ2v) is 35.8. The minimum Gasteiger partial charge on any atom is -0.497 e. The number of imidazole rings is 2. The number of ether oxygens (including phenoxy) is 7. The maximum absolute atomic E-state index is 16.3. The number of amides is 3. The van der Waals surface area contributed by atoms with Crippen LogP contribution < -0.4 is 36.7 Å². The summed E-state index contributed by atoms with van der Waals surface area (Å²) in [4.78, 5) is 122. The number of methoxy groups -OCH3 is 2. The molecule has 5 aromatic heterocycles. The van der Waals surface area contributed by atoms with Gasteiger partial charge < -0.3 is 48.6 Å². The summed E-state index contributed by atoms with van der Waals surface area (Å²) in [6.07, 6.45) is -7.53. The zero-order valence-corrected chi connectivity index (χ0v) is 67.6. The minimum atomic E-state index is -4.74. The van der Waals surface area contributed by atoms with E-state index >= 15 is 9.13 Å². The maximum Gasteiger partial charge on any atom is 0.389 e. The number of benzene rings is 5. The number of fused-ring (bicyclic) bond motifs is 2. The van der Waals surface area contributed by atoms with Crippen molar-refractivity contribution in [3.63, 3.8) is 0 Å².